The lowest BCUT2D eigenvalue weighted by Gasteiger charge is -2.20. The number of imide groups is 1. The average Bonchev–Trinajstić information content (AvgIpc) is 3.44. The standard InChI is InChI=1S/C39H36ClN5O12S2/c1-6-44(7-2)58(50,51)22-15-16-29(55-3)28(17-22)42-43-34-32-21(20-45-38(48)23-12-8-9-13-24(23)39(45)49)11-10-14-25(32)36(59(52,53)54)33(35(34)46)37(47)41-27-18-26(40)30(56-4)19-31(27)57-5/h8-19,46H,6-7,20H2,1-5H3,(H,41,47)(H,52,53,54). The van der Waals surface area contributed by atoms with Crippen molar-refractivity contribution in [1.82, 2.24) is 9.21 Å². The molecule has 5 aromatic rings. The van der Waals surface area contributed by atoms with Crippen molar-refractivity contribution in [2.75, 3.05) is 39.7 Å². The van der Waals surface area contributed by atoms with Gasteiger partial charge in [-0.05, 0) is 42.0 Å². The van der Waals surface area contributed by atoms with Gasteiger partial charge in [-0.3, -0.25) is 23.8 Å². The Balaban J connectivity index is 1.63. The zero-order valence-electron chi connectivity index (χ0n) is 32.0. The van der Waals surface area contributed by atoms with E-state index in [0.717, 1.165) is 4.90 Å². The fraction of sp³-hybridized carbons (Fsp3) is 0.205. The van der Waals surface area contributed by atoms with E-state index in [1.807, 2.05) is 0 Å². The summed E-state index contributed by atoms with van der Waals surface area (Å²) < 4.78 is 81.5. The molecule has 20 heteroatoms. The number of methoxy groups -OCH3 is 3. The molecule has 0 saturated heterocycles. The molecule has 0 bridgehead atoms. The predicted molar refractivity (Wildman–Crippen MR) is 216 cm³/mol. The van der Waals surface area contributed by atoms with Crippen molar-refractivity contribution in [2.45, 2.75) is 30.2 Å². The Kier molecular flexibility index (Phi) is 12.0. The first kappa shape index (κ1) is 42.5. The molecule has 5 aromatic carbocycles. The lowest BCUT2D eigenvalue weighted by Crippen LogP contribution is -2.30. The van der Waals surface area contributed by atoms with Crippen molar-refractivity contribution in [3.8, 4) is 23.0 Å². The summed E-state index contributed by atoms with van der Waals surface area (Å²) >= 11 is 6.31. The molecule has 0 aliphatic carbocycles. The highest BCUT2D eigenvalue weighted by atomic mass is 35.5. The quantitative estimate of drug-likeness (QED) is 0.0584. The summed E-state index contributed by atoms with van der Waals surface area (Å²) in [7, 11) is -5.51. The number of hydrogen-bond donors (Lipinski definition) is 3. The third-order valence-corrected chi connectivity index (χ3v) is 12.8. The topological polar surface area (TPSA) is 231 Å². The number of anilines is 1. The van der Waals surface area contributed by atoms with Crippen LogP contribution in [0, 0.1) is 0 Å². The van der Waals surface area contributed by atoms with Crippen LogP contribution in [-0.2, 0) is 26.7 Å². The zero-order valence-corrected chi connectivity index (χ0v) is 34.4. The Morgan fingerprint density at radius 2 is 1.46 bits per heavy atom. The van der Waals surface area contributed by atoms with Crippen molar-refractivity contribution < 1.29 is 55.1 Å². The van der Waals surface area contributed by atoms with Crippen LogP contribution in [-0.4, -0.2) is 87.8 Å². The van der Waals surface area contributed by atoms with E-state index in [9.17, 15) is 40.9 Å². The van der Waals surface area contributed by atoms with E-state index in [2.05, 4.69) is 15.5 Å². The third-order valence-electron chi connectivity index (χ3n) is 9.49. The van der Waals surface area contributed by atoms with Crippen molar-refractivity contribution >= 4 is 77.3 Å². The molecule has 0 aromatic heterocycles. The molecule has 6 rings (SSSR count). The molecule has 0 saturated carbocycles. The smallest absolute Gasteiger partial charge is 0.296 e. The summed E-state index contributed by atoms with van der Waals surface area (Å²) in [6, 6.07) is 16.5. The number of hydrogen-bond acceptors (Lipinski definition) is 13. The maximum Gasteiger partial charge on any atom is 0.296 e. The van der Waals surface area contributed by atoms with E-state index in [-0.39, 0.29) is 79.1 Å². The molecule has 59 heavy (non-hydrogen) atoms. The van der Waals surface area contributed by atoms with Crippen molar-refractivity contribution in [3.05, 3.63) is 100 Å². The maximum absolute atomic E-state index is 14.2. The number of nitrogens with one attached hydrogen (secondary N) is 1. The number of carbonyl (C=O) groups is 3. The molecule has 1 aliphatic rings. The first-order valence-electron chi connectivity index (χ1n) is 17.6. The number of phenols is 1. The maximum atomic E-state index is 14.2. The second-order valence-corrected chi connectivity index (χ2v) is 16.4. The highest BCUT2D eigenvalue weighted by molar-refractivity contribution is 7.89. The number of fused-ring (bicyclic) bond motifs is 2. The Hall–Kier alpha value is -6.12. The third kappa shape index (κ3) is 7.77. The lowest BCUT2D eigenvalue weighted by atomic mass is 9.97. The molecule has 3 amide bonds. The summed E-state index contributed by atoms with van der Waals surface area (Å²) in [5.41, 5.74) is -1.53. The SMILES string of the molecule is CCN(CC)S(=O)(=O)c1ccc(OC)c(N=Nc2c(O)c(C(=O)Nc3cc(Cl)c(OC)cc3OC)c(S(=O)(=O)O)c3cccc(CN4C(=O)c5ccccc5C4=O)c23)c1. The molecule has 0 spiro atoms. The van der Waals surface area contributed by atoms with Gasteiger partial charge in [0.25, 0.3) is 27.8 Å². The molecule has 1 aliphatic heterocycles. The highest BCUT2D eigenvalue weighted by Crippen LogP contribution is 2.47. The highest BCUT2D eigenvalue weighted by Gasteiger charge is 2.37. The number of amides is 3. The average molecular weight is 866 g/mol. The Bertz CT molecular complexity index is 2780. The van der Waals surface area contributed by atoms with Gasteiger partial charge in [0.05, 0.1) is 54.6 Å². The minimum Gasteiger partial charge on any atom is -0.505 e. The number of rotatable bonds is 14. The fourth-order valence-electron chi connectivity index (χ4n) is 6.68. The van der Waals surface area contributed by atoms with Crippen LogP contribution in [0.5, 0.6) is 23.0 Å². The van der Waals surface area contributed by atoms with Gasteiger partial charge in [-0.25, -0.2) is 8.42 Å². The van der Waals surface area contributed by atoms with Gasteiger partial charge < -0.3 is 24.6 Å². The minimum atomic E-state index is -5.40. The number of sulfonamides is 1. The first-order chi connectivity index (χ1) is 28.0. The van der Waals surface area contributed by atoms with Gasteiger partial charge in [0.15, 0.2) is 5.75 Å². The molecule has 3 N–H and O–H groups in total. The number of phenolic OH excluding ortho intramolecular Hbond substituents is 1. The van der Waals surface area contributed by atoms with Crippen LogP contribution in [0.25, 0.3) is 10.8 Å². The number of ether oxygens (including phenoxy) is 3. The number of carbonyl (C=O) groups excluding carboxylic acids is 3. The minimum absolute atomic E-state index is 0.0167. The van der Waals surface area contributed by atoms with Crippen LogP contribution in [0.1, 0.15) is 50.5 Å². The van der Waals surface area contributed by atoms with Crippen molar-refractivity contribution in [2.24, 2.45) is 10.2 Å². The van der Waals surface area contributed by atoms with E-state index in [1.54, 1.807) is 26.0 Å². The van der Waals surface area contributed by atoms with Crippen LogP contribution in [0.4, 0.5) is 17.1 Å². The largest absolute Gasteiger partial charge is 0.505 e. The summed E-state index contributed by atoms with van der Waals surface area (Å²) in [5, 5.41) is 22.4. The van der Waals surface area contributed by atoms with Gasteiger partial charge in [-0.1, -0.05) is 55.8 Å². The predicted octanol–water partition coefficient (Wildman–Crippen LogP) is 6.97. The van der Waals surface area contributed by atoms with Gasteiger partial charge in [0, 0.05) is 29.9 Å². The summed E-state index contributed by atoms with van der Waals surface area (Å²) in [4.78, 5) is 40.8. The first-order valence-corrected chi connectivity index (χ1v) is 20.8. The number of benzene rings is 5. The van der Waals surface area contributed by atoms with Gasteiger partial charge in [0.2, 0.25) is 10.0 Å². The van der Waals surface area contributed by atoms with E-state index in [4.69, 9.17) is 25.8 Å². The molecule has 0 unspecified atom stereocenters. The second-order valence-electron chi connectivity index (χ2n) is 12.7. The number of azo groups is 1. The lowest BCUT2D eigenvalue weighted by molar-refractivity contribution is 0.0642. The van der Waals surface area contributed by atoms with E-state index < -0.39 is 66.3 Å². The summed E-state index contributed by atoms with van der Waals surface area (Å²) in [6.45, 7) is 3.17. The van der Waals surface area contributed by atoms with Gasteiger partial charge in [0.1, 0.15) is 39.1 Å². The molecule has 308 valence electrons. The van der Waals surface area contributed by atoms with E-state index in [0.29, 0.717) is 0 Å². The number of aromatic hydroxyl groups is 1. The van der Waals surface area contributed by atoms with Crippen LogP contribution >= 0.6 is 11.6 Å². The van der Waals surface area contributed by atoms with Crippen LogP contribution in [0.15, 0.2) is 92.8 Å². The monoisotopic (exact) mass is 865 g/mol. The second kappa shape index (κ2) is 16.6. The molecule has 0 fully saturated rings. The van der Waals surface area contributed by atoms with Gasteiger partial charge in [-0.2, -0.15) is 12.7 Å². The molecule has 0 atom stereocenters. The van der Waals surface area contributed by atoms with E-state index in [1.165, 1.54) is 86.3 Å². The van der Waals surface area contributed by atoms with Crippen molar-refractivity contribution in [3.63, 3.8) is 0 Å². The number of halogens is 1. The van der Waals surface area contributed by atoms with Gasteiger partial charge in [-0.15, -0.1) is 10.2 Å². The zero-order chi connectivity index (χ0) is 43.0. The van der Waals surface area contributed by atoms with Crippen LogP contribution in [0.2, 0.25) is 5.02 Å². The molecular formula is C39H36ClN5O12S2. The fourth-order valence-corrected chi connectivity index (χ4v) is 9.29. The molecule has 1 heterocycles. The molecular weight excluding hydrogens is 830 g/mol. The molecule has 0 radical (unpaired) electrons. The Morgan fingerprint density at radius 1 is 0.831 bits per heavy atom. The van der Waals surface area contributed by atoms with Crippen molar-refractivity contribution in [1.29, 1.82) is 0 Å². The van der Waals surface area contributed by atoms with Gasteiger partial charge >= 0.3 is 0 Å². The Morgan fingerprint density at radius 3 is 2.03 bits per heavy atom. The van der Waals surface area contributed by atoms with Crippen LogP contribution < -0.4 is 19.5 Å². The summed E-state index contributed by atoms with van der Waals surface area (Å²) in [5.74, 6) is -3.50. The Labute approximate surface area is 343 Å². The number of nitrogens with zero attached hydrogens (tertiary/aromatic N) is 4. The molecule has 17 nitrogen and oxygen atoms in total. The normalized spacial score (nSPS) is 13.1. The van der Waals surface area contributed by atoms with Crippen LogP contribution in [0.3, 0.4) is 0 Å². The summed E-state index contributed by atoms with van der Waals surface area (Å²) in [6.07, 6.45) is 0. The van der Waals surface area contributed by atoms with E-state index >= 15 is 0 Å².